The number of likely N-dealkylation sites (tertiary alicyclic amines) is 1. The second-order valence-corrected chi connectivity index (χ2v) is 12.0. The highest BCUT2D eigenvalue weighted by Gasteiger charge is 2.46. The predicted octanol–water partition coefficient (Wildman–Crippen LogP) is 4.30. The highest BCUT2D eigenvalue weighted by molar-refractivity contribution is 7.89. The fourth-order valence-electron chi connectivity index (χ4n) is 5.28. The summed E-state index contributed by atoms with van der Waals surface area (Å²) in [6, 6.07) is 12.5. The van der Waals surface area contributed by atoms with Crippen molar-refractivity contribution < 1.29 is 37.3 Å². The van der Waals surface area contributed by atoms with Gasteiger partial charge in [0.2, 0.25) is 16.8 Å². The summed E-state index contributed by atoms with van der Waals surface area (Å²) in [6.07, 6.45) is -1.07. The van der Waals surface area contributed by atoms with Crippen molar-refractivity contribution in [3.05, 3.63) is 53.6 Å². The third-order valence-electron chi connectivity index (χ3n) is 7.09. The van der Waals surface area contributed by atoms with Crippen LogP contribution >= 0.6 is 11.6 Å². The van der Waals surface area contributed by atoms with E-state index in [0.29, 0.717) is 49.7 Å². The first-order valence-electron chi connectivity index (χ1n) is 13.0. The molecule has 2 aromatic carbocycles. The standard InChI is InChI=1S/C27H35ClN2O8S/c1-3-12-30(39(33,34)15-4-11-28)14-13-29-17-22(20-7-10-23-24(16-20)37-18-36-23)26(38-27(31)32)25(29)19-5-8-21(35-2)9-6-19/h5-10,16,22,25-26H,3-4,11-15,17-18H2,1-2H3,(H,31,32)/t22-,25-,26+/m1/s1. The number of carboxylic acid groups (broad SMARTS) is 1. The smallest absolute Gasteiger partial charge is 0.497 e. The largest absolute Gasteiger partial charge is 0.506 e. The van der Waals surface area contributed by atoms with Gasteiger partial charge in [0.15, 0.2) is 11.5 Å². The summed E-state index contributed by atoms with van der Waals surface area (Å²) in [4.78, 5) is 14.0. The molecule has 0 aromatic heterocycles. The molecule has 0 radical (unpaired) electrons. The summed E-state index contributed by atoms with van der Waals surface area (Å²) in [7, 11) is -1.91. The van der Waals surface area contributed by atoms with Crippen LogP contribution in [-0.2, 0) is 14.8 Å². The number of benzene rings is 2. The Hall–Kier alpha value is -2.73. The van der Waals surface area contributed by atoms with Gasteiger partial charge in [0.05, 0.1) is 18.9 Å². The number of hydrogen-bond donors (Lipinski definition) is 1. The summed E-state index contributed by atoms with van der Waals surface area (Å²) in [6.45, 7) is 3.56. The molecule has 0 aliphatic carbocycles. The highest BCUT2D eigenvalue weighted by atomic mass is 35.5. The van der Waals surface area contributed by atoms with E-state index in [2.05, 4.69) is 4.90 Å². The molecule has 1 fully saturated rings. The maximum Gasteiger partial charge on any atom is 0.506 e. The quantitative estimate of drug-likeness (QED) is 0.273. The number of methoxy groups -OCH3 is 1. The van der Waals surface area contributed by atoms with Crippen LogP contribution < -0.4 is 14.2 Å². The van der Waals surface area contributed by atoms with Crippen LogP contribution in [0.3, 0.4) is 0 Å². The molecule has 1 saturated heterocycles. The van der Waals surface area contributed by atoms with Gasteiger partial charge in [0.25, 0.3) is 0 Å². The monoisotopic (exact) mass is 582 g/mol. The number of hydrogen-bond acceptors (Lipinski definition) is 8. The van der Waals surface area contributed by atoms with Gasteiger partial charge in [-0.1, -0.05) is 25.1 Å². The van der Waals surface area contributed by atoms with E-state index in [4.69, 9.17) is 30.5 Å². The lowest BCUT2D eigenvalue weighted by Crippen LogP contribution is -2.41. The molecule has 0 bridgehead atoms. The van der Waals surface area contributed by atoms with Gasteiger partial charge in [-0.05, 0) is 48.2 Å². The third-order valence-corrected chi connectivity index (χ3v) is 9.31. The number of rotatable bonds is 13. The Bertz CT molecular complexity index is 1230. The van der Waals surface area contributed by atoms with Gasteiger partial charge in [0.1, 0.15) is 11.9 Å². The van der Waals surface area contributed by atoms with Crippen molar-refractivity contribution in [3.63, 3.8) is 0 Å². The summed E-state index contributed by atoms with van der Waals surface area (Å²) < 4.78 is 49.4. The first kappa shape index (κ1) is 29.3. The zero-order valence-corrected chi connectivity index (χ0v) is 23.7. The molecule has 214 valence electrons. The Morgan fingerprint density at radius 2 is 1.85 bits per heavy atom. The molecule has 0 saturated carbocycles. The van der Waals surface area contributed by atoms with Gasteiger partial charge in [-0.3, -0.25) is 4.90 Å². The van der Waals surface area contributed by atoms with E-state index in [1.165, 1.54) is 4.31 Å². The molecule has 1 N–H and O–H groups in total. The van der Waals surface area contributed by atoms with Crippen LogP contribution in [0, 0.1) is 0 Å². The molecule has 2 aromatic rings. The van der Waals surface area contributed by atoms with Crippen molar-refractivity contribution in [3.8, 4) is 17.2 Å². The molecule has 0 unspecified atom stereocenters. The first-order valence-corrected chi connectivity index (χ1v) is 15.1. The van der Waals surface area contributed by atoms with Crippen molar-refractivity contribution in [2.75, 3.05) is 51.7 Å². The number of sulfonamides is 1. The van der Waals surface area contributed by atoms with Gasteiger partial charge in [-0.15, -0.1) is 11.6 Å². The minimum Gasteiger partial charge on any atom is -0.497 e. The van der Waals surface area contributed by atoms with Crippen molar-refractivity contribution >= 4 is 27.8 Å². The van der Waals surface area contributed by atoms with E-state index < -0.39 is 28.3 Å². The molecule has 0 spiro atoms. The second-order valence-electron chi connectivity index (χ2n) is 9.54. The number of carbonyl (C=O) groups is 1. The second kappa shape index (κ2) is 13.1. The summed E-state index contributed by atoms with van der Waals surface area (Å²) in [5.41, 5.74) is 1.70. The molecule has 4 rings (SSSR count). The topological polar surface area (TPSA) is 115 Å². The number of fused-ring (bicyclic) bond motifs is 1. The number of nitrogens with zero attached hydrogens (tertiary/aromatic N) is 2. The van der Waals surface area contributed by atoms with E-state index in [-0.39, 0.29) is 30.9 Å². The van der Waals surface area contributed by atoms with Crippen LogP contribution in [0.5, 0.6) is 17.2 Å². The average Bonchev–Trinajstić information content (AvgIpc) is 3.53. The number of ether oxygens (including phenoxy) is 4. The van der Waals surface area contributed by atoms with Crippen LogP contribution in [0.1, 0.15) is 42.9 Å². The van der Waals surface area contributed by atoms with Crippen LogP contribution in [0.15, 0.2) is 42.5 Å². The molecule has 2 heterocycles. The molecule has 10 nitrogen and oxygen atoms in total. The lowest BCUT2D eigenvalue weighted by molar-refractivity contribution is 0.0283. The first-order chi connectivity index (χ1) is 18.8. The lowest BCUT2D eigenvalue weighted by atomic mass is 9.90. The fraction of sp³-hybridized carbons (Fsp3) is 0.519. The molecule has 2 aliphatic heterocycles. The van der Waals surface area contributed by atoms with E-state index >= 15 is 0 Å². The zero-order chi connectivity index (χ0) is 28.0. The van der Waals surface area contributed by atoms with Crippen molar-refractivity contribution in [1.29, 1.82) is 0 Å². The zero-order valence-electron chi connectivity index (χ0n) is 22.1. The number of alkyl halides is 1. The Morgan fingerprint density at radius 1 is 1.13 bits per heavy atom. The minimum atomic E-state index is -3.48. The van der Waals surface area contributed by atoms with Gasteiger partial charge in [0, 0.05) is 38.0 Å². The van der Waals surface area contributed by atoms with E-state index in [1.807, 2.05) is 49.4 Å². The Labute approximate surface area is 234 Å². The molecular weight excluding hydrogens is 548 g/mol. The molecule has 0 amide bonds. The van der Waals surface area contributed by atoms with Crippen LogP contribution in [0.2, 0.25) is 0 Å². The van der Waals surface area contributed by atoms with Crippen molar-refractivity contribution in [2.45, 2.75) is 37.8 Å². The molecule has 3 atom stereocenters. The van der Waals surface area contributed by atoms with E-state index in [1.54, 1.807) is 7.11 Å². The van der Waals surface area contributed by atoms with Crippen molar-refractivity contribution in [1.82, 2.24) is 9.21 Å². The highest BCUT2D eigenvalue weighted by Crippen LogP contribution is 2.45. The van der Waals surface area contributed by atoms with Crippen LogP contribution in [0.4, 0.5) is 4.79 Å². The molecule has 2 aliphatic rings. The van der Waals surface area contributed by atoms with E-state index in [9.17, 15) is 18.3 Å². The maximum atomic E-state index is 13.0. The summed E-state index contributed by atoms with van der Waals surface area (Å²) in [5.74, 6) is 1.84. The number of halogens is 1. The average molecular weight is 583 g/mol. The fourth-order valence-corrected chi connectivity index (χ4v) is 7.16. The summed E-state index contributed by atoms with van der Waals surface area (Å²) >= 11 is 5.77. The SMILES string of the molecule is CCCN(CCN1C[C@H](c2ccc3c(c2)OCO3)[C@H](OC(=O)O)[C@H]1c1ccc(OC)cc1)S(=O)(=O)CCCCl. The van der Waals surface area contributed by atoms with Gasteiger partial charge in [-0.2, -0.15) is 0 Å². The minimum absolute atomic E-state index is 0.0109. The lowest BCUT2D eigenvalue weighted by Gasteiger charge is -2.30. The van der Waals surface area contributed by atoms with Gasteiger partial charge in [-0.25, -0.2) is 17.5 Å². The van der Waals surface area contributed by atoms with Crippen molar-refractivity contribution in [2.24, 2.45) is 0 Å². The molecule has 12 heteroatoms. The Morgan fingerprint density at radius 3 is 2.51 bits per heavy atom. The summed E-state index contributed by atoms with van der Waals surface area (Å²) in [5, 5.41) is 9.70. The Balaban J connectivity index is 1.67. The van der Waals surface area contributed by atoms with E-state index in [0.717, 1.165) is 11.1 Å². The van der Waals surface area contributed by atoms with Crippen LogP contribution in [0.25, 0.3) is 0 Å². The Kier molecular flexibility index (Phi) is 9.81. The molecule has 39 heavy (non-hydrogen) atoms. The van der Waals surface area contributed by atoms with Crippen LogP contribution in [-0.4, -0.2) is 86.7 Å². The van der Waals surface area contributed by atoms with Gasteiger partial charge < -0.3 is 24.1 Å². The predicted molar refractivity (Wildman–Crippen MR) is 146 cm³/mol. The third kappa shape index (κ3) is 6.89. The normalized spacial score (nSPS) is 20.9. The molecular formula is C27H35ClN2O8S. The van der Waals surface area contributed by atoms with Gasteiger partial charge >= 0.3 is 6.16 Å². The maximum absolute atomic E-state index is 13.0.